The Morgan fingerprint density at radius 1 is 1.36 bits per heavy atom. The van der Waals surface area contributed by atoms with E-state index in [9.17, 15) is 9.59 Å². The number of benzene rings is 1. The summed E-state index contributed by atoms with van der Waals surface area (Å²) in [6, 6.07) is 7.70. The van der Waals surface area contributed by atoms with Crippen molar-refractivity contribution in [1.82, 2.24) is 14.5 Å². The van der Waals surface area contributed by atoms with Gasteiger partial charge in [0.1, 0.15) is 12.4 Å². The van der Waals surface area contributed by atoms with Crippen molar-refractivity contribution in [2.24, 2.45) is 5.73 Å². The fraction of sp³-hybridized carbons (Fsp3) is 0.389. The van der Waals surface area contributed by atoms with Crippen LogP contribution in [0.2, 0.25) is 0 Å². The molecule has 1 aromatic carbocycles. The summed E-state index contributed by atoms with van der Waals surface area (Å²) in [5.74, 6) is 0.613. The summed E-state index contributed by atoms with van der Waals surface area (Å²) < 4.78 is 1.79. The maximum absolute atomic E-state index is 13.0. The molecule has 3 rings (SSSR count). The lowest BCUT2D eigenvalue weighted by Gasteiger charge is -2.33. The third kappa shape index (κ3) is 3.87. The van der Waals surface area contributed by atoms with Gasteiger partial charge in [-0.25, -0.2) is 4.98 Å². The van der Waals surface area contributed by atoms with Gasteiger partial charge in [0, 0.05) is 36.3 Å². The number of likely N-dealkylation sites (tertiary alicyclic amines) is 1. The molecule has 1 aromatic heterocycles. The van der Waals surface area contributed by atoms with E-state index in [4.69, 9.17) is 5.73 Å². The first-order valence-electron chi connectivity index (χ1n) is 8.31. The summed E-state index contributed by atoms with van der Waals surface area (Å²) >= 11 is 1.58. The lowest BCUT2D eigenvalue weighted by atomic mass is 9.96. The molecule has 2 heterocycles. The minimum Gasteiger partial charge on any atom is -0.368 e. The van der Waals surface area contributed by atoms with E-state index in [-0.39, 0.29) is 18.4 Å². The summed E-state index contributed by atoms with van der Waals surface area (Å²) in [6.45, 7) is 1.47. The van der Waals surface area contributed by atoms with E-state index in [0.29, 0.717) is 6.54 Å². The van der Waals surface area contributed by atoms with Gasteiger partial charge >= 0.3 is 0 Å². The first-order valence-corrected chi connectivity index (χ1v) is 9.54. The van der Waals surface area contributed by atoms with Gasteiger partial charge in [0.2, 0.25) is 5.91 Å². The first kappa shape index (κ1) is 17.5. The molecule has 2 N–H and O–H groups in total. The number of carbonyl (C=O) groups is 2. The molecule has 1 aliphatic rings. The number of aromatic nitrogens is 2. The summed E-state index contributed by atoms with van der Waals surface area (Å²) in [5, 5.41) is 0. The highest BCUT2D eigenvalue weighted by Crippen LogP contribution is 2.28. The van der Waals surface area contributed by atoms with Crippen molar-refractivity contribution in [3.05, 3.63) is 48.0 Å². The maximum atomic E-state index is 13.0. The number of hydrogen-bond acceptors (Lipinski definition) is 4. The molecule has 0 spiro atoms. The first-order chi connectivity index (χ1) is 12.1. The van der Waals surface area contributed by atoms with Crippen molar-refractivity contribution in [2.75, 3.05) is 19.3 Å². The van der Waals surface area contributed by atoms with Crippen molar-refractivity contribution in [1.29, 1.82) is 0 Å². The maximum Gasteiger partial charge on any atom is 0.255 e. The van der Waals surface area contributed by atoms with Crippen LogP contribution in [0.15, 0.2) is 41.6 Å². The van der Waals surface area contributed by atoms with Crippen molar-refractivity contribution in [2.45, 2.75) is 30.2 Å². The number of primary amides is 1. The van der Waals surface area contributed by atoms with Crippen LogP contribution in [0.5, 0.6) is 0 Å². The second-order valence-electron chi connectivity index (χ2n) is 6.17. The van der Waals surface area contributed by atoms with Crippen LogP contribution in [-0.2, 0) is 11.3 Å². The molecule has 1 fully saturated rings. The molecule has 2 aromatic rings. The van der Waals surface area contributed by atoms with E-state index in [1.807, 2.05) is 35.4 Å². The number of rotatable bonds is 5. The monoisotopic (exact) mass is 358 g/mol. The SMILES string of the molecule is CSc1ccccc1C(=O)N1CCC[C@H](c2nccn2CC(N)=O)C1. The van der Waals surface area contributed by atoms with Crippen molar-refractivity contribution in [3.63, 3.8) is 0 Å². The van der Waals surface area contributed by atoms with Gasteiger partial charge in [-0.15, -0.1) is 11.8 Å². The van der Waals surface area contributed by atoms with Crippen LogP contribution in [0.1, 0.15) is 34.9 Å². The number of amides is 2. The van der Waals surface area contributed by atoms with Gasteiger partial charge < -0.3 is 15.2 Å². The lowest BCUT2D eigenvalue weighted by molar-refractivity contribution is -0.118. The smallest absolute Gasteiger partial charge is 0.255 e. The van der Waals surface area contributed by atoms with Gasteiger partial charge in [0.15, 0.2) is 0 Å². The molecule has 1 aliphatic heterocycles. The van der Waals surface area contributed by atoms with Gasteiger partial charge in [-0.05, 0) is 31.2 Å². The molecule has 6 nitrogen and oxygen atoms in total. The van der Waals surface area contributed by atoms with Crippen molar-refractivity contribution < 1.29 is 9.59 Å². The normalized spacial score (nSPS) is 17.5. The predicted octanol–water partition coefficient (Wildman–Crippen LogP) is 2.11. The molecule has 1 atom stereocenters. The molecular weight excluding hydrogens is 336 g/mol. The zero-order valence-electron chi connectivity index (χ0n) is 14.2. The Morgan fingerprint density at radius 2 is 2.16 bits per heavy atom. The molecular formula is C18H22N4O2S. The number of piperidine rings is 1. The third-order valence-electron chi connectivity index (χ3n) is 4.49. The molecule has 0 bridgehead atoms. The van der Waals surface area contributed by atoms with Gasteiger partial charge in [0.25, 0.3) is 5.91 Å². The van der Waals surface area contributed by atoms with Gasteiger partial charge in [-0.1, -0.05) is 12.1 Å². The van der Waals surface area contributed by atoms with E-state index < -0.39 is 5.91 Å². The van der Waals surface area contributed by atoms with Crippen molar-refractivity contribution in [3.8, 4) is 0 Å². The minimum atomic E-state index is -0.392. The fourth-order valence-corrected chi connectivity index (χ4v) is 3.94. The number of imidazole rings is 1. The average Bonchev–Trinajstić information content (AvgIpc) is 3.08. The zero-order valence-corrected chi connectivity index (χ0v) is 15.0. The number of nitrogens with two attached hydrogens (primary N) is 1. The topological polar surface area (TPSA) is 81.2 Å². The molecule has 25 heavy (non-hydrogen) atoms. The highest BCUT2D eigenvalue weighted by Gasteiger charge is 2.29. The van der Waals surface area contributed by atoms with Crippen LogP contribution in [0.4, 0.5) is 0 Å². The molecule has 0 aliphatic carbocycles. The van der Waals surface area contributed by atoms with Crippen LogP contribution in [0, 0.1) is 0 Å². The van der Waals surface area contributed by atoms with E-state index >= 15 is 0 Å². The van der Waals surface area contributed by atoms with E-state index in [1.165, 1.54) is 0 Å². The van der Waals surface area contributed by atoms with Gasteiger partial charge in [-0.2, -0.15) is 0 Å². The minimum absolute atomic E-state index is 0.0580. The number of thioether (sulfide) groups is 1. The van der Waals surface area contributed by atoms with Gasteiger partial charge in [0.05, 0.1) is 5.56 Å². The summed E-state index contributed by atoms with van der Waals surface area (Å²) in [4.78, 5) is 31.5. The van der Waals surface area contributed by atoms with Crippen LogP contribution in [-0.4, -0.2) is 45.6 Å². The third-order valence-corrected chi connectivity index (χ3v) is 5.28. The molecule has 0 saturated carbocycles. The molecule has 2 amide bonds. The molecule has 0 radical (unpaired) electrons. The van der Waals surface area contributed by atoms with Crippen LogP contribution >= 0.6 is 11.8 Å². The van der Waals surface area contributed by atoms with Crippen molar-refractivity contribution >= 4 is 23.6 Å². The largest absolute Gasteiger partial charge is 0.368 e. The molecule has 132 valence electrons. The highest BCUT2D eigenvalue weighted by atomic mass is 32.2. The number of hydrogen-bond donors (Lipinski definition) is 1. The highest BCUT2D eigenvalue weighted by molar-refractivity contribution is 7.98. The average molecular weight is 358 g/mol. The van der Waals surface area contributed by atoms with E-state index in [1.54, 1.807) is 28.7 Å². The molecule has 0 unspecified atom stereocenters. The van der Waals surface area contributed by atoms with Gasteiger partial charge in [-0.3, -0.25) is 9.59 Å². The summed E-state index contributed by atoms with van der Waals surface area (Å²) in [5.41, 5.74) is 6.06. The van der Waals surface area contributed by atoms with E-state index in [2.05, 4.69) is 4.98 Å². The number of carbonyl (C=O) groups excluding carboxylic acids is 2. The second kappa shape index (κ2) is 7.74. The Bertz CT molecular complexity index is 774. The van der Waals surface area contributed by atoms with Crippen LogP contribution in [0.3, 0.4) is 0 Å². The lowest BCUT2D eigenvalue weighted by Crippen LogP contribution is -2.40. The Hall–Kier alpha value is -2.28. The van der Waals surface area contributed by atoms with Crippen LogP contribution in [0.25, 0.3) is 0 Å². The summed E-state index contributed by atoms with van der Waals surface area (Å²) in [7, 11) is 0. The Balaban J connectivity index is 1.78. The van der Waals surface area contributed by atoms with E-state index in [0.717, 1.165) is 35.7 Å². The Morgan fingerprint density at radius 3 is 2.92 bits per heavy atom. The molecule has 7 heteroatoms. The Kier molecular flexibility index (Phi) is 5.43. The zero-order chi connectivity index (χ0) is 17.8. The van der Waals surface area contributed by atoms with Crippen LogP contribution < -0.4 is 5.73 Å². The Labute approximate surface area is 151 Å². The second-order valence-corrected chi connectivity index (χ2v) is 7.02. The molecule has 1 saturated heterocycles. The fourth-order valence-electron chi connectivity index (χ4n) is 3.35. The quantitative estimate of drug-likeness (QED) is 0.830. The number of nitrogens with zero attached hydrogens (tertiary/aromatic N) is 3. The predicted molar refractivity (Wildman–Crippen MR) is 97.5 cm³/mol. The standard InChI is InChI=1S/C18H22N4O2S/c1-25-15-7-3-2-6-14(15)18(24)22-9-4-5-13(11-22)17-20-8-10-21(17)12-16(19)23/h2-3,6-8,10,13H,4-5,9,11-12H2,1H3,(H2,19,23)/t13-/m0/s1. The summed E-state index contributed by atoms with van der Waals surface area (Å²) in [6.07, 6.45) is 7.29.